The number of amides is 1. The van der Waals surface area contributed by atoms with Crippen molar-refractivity contribution in [3.8, 4) is 0 Å². The van der Waals surface area contributed by atoms with E-state index in [2.05, 4.69) is 15.5 Å². The summed E-state index contributed by atoms with van der Waals surface area (Å²) in [5.74, 6) is -0.532. The van der Waals surface area contributed by atoms with Gasteiger partial charge in [-0.1, -0.05) is 0 Å². The second-order valence-corrected chi connectivity index (χ2v) is 7.51. The molecule has 0 atom stereocenters. The monoisotopic (exact) mass is 388 g/mol. The molecule has 0 bridgehead atoms. The van der Waals surface area contributed by atoms with E-state index in [1.807, 2.05) is 0 Å². The van der Waals surface area contributed by atoms with Gasteiger partial charge in [-0.25, -0.2) is 9.66 Å². The average molecular weight is 388 g/mol. The van der Waals surface area contributed by atoms with Crippen LogP contribution in [-0.4, -0.2) is 30.3 Å². The molecule has 0 radical (unpaired) electrons. The minimum Gasteiger partial charge on any atom is -0.268 e. The molecule has 11 heteroatoms. The van der Waals surface area contributed by atoms with Crippen molar-refractivity contribution in [2.45, 2.75) is 32.6 Å². The van der Waals surface area contributed by atoms with Crippen LogP contribution in [0.15, 0.2) is 11.0 Å². The molecule has 0 unspecified atom stereocenters. The Hall–Kier alpha value is -3.08. The molecule has 140 valence electrons. The van der Waals surface area contributed by atoms with Crippen molar-refractivity contribution in [2.75, 3.05) is 5.43 Å². The molecular weight excluding hydrogens is 372 g/mol. The number of hydrogen-bond donors (Lipinski definition) is 1. The van der Waals surface area contributed by atoms with Crippen LogP contribution in [0.1, 0.15) is 39.6 Å². The summed E-state index contributed by atoms with van der Waals surface area (Å²) >= 11 is 1.52. The topological polar surface area (TPSA) is 125 Å². The third kappa shape index (κ3) is 2.79. The van der Waals surface area contributed by atoms with Crippen molar-refractivity contribution >= 4 is 33.1 Å². The van der Waals surface area contributed by atoms with E-state index >= 15 is 0 Å². The number of carbonyl (C=O) groups excluding carboxylic acids is 1. The maximum atomic E-state index is 13.0. The number of thiophene rings is 1. The van der Waals surface area contributed by atoms with Crippen LogP contribution >= 0.6 is 11.3 Å². The molecule has 0 fully saturated rings. The first-order chi connectivity index (χ1) is 12.9. The van der Waals surface area contributed by atoms with Crippen LogP contribution in [0, 0.1) is 17.0 Å². The highest BCUT2D eigenvalue weighted by molar-refractivity contribution is 7.18. The first kappa shape index (κ1) is 17.3. The van der Waals surface area contributed by atoms with Gasteiger partial charge >= 0.3 is 5.69 Å². The lowest BCUT2D eigenvalue weighted by molar-refractivity contribution is -0.385. The molecule has 0 aliphatic heterocycles. The van der Waals surface area contributed by atoms with Gasteiger partial charge in [0.1, 0.15) is 16.9 Å². The van der Waals surface area contributed by atoms with E-state index in [1.54, 1.807) is 6.92 Å². The van der Waals surface area contributed by atoms with E-state index in [4.69, 9.17) is 0 Å². The fourth-order valence-corrected chi connectivity index (χ4v) is 4.66. The molecular formula is C16H16N6O4S. The Bertz CT molecular complexity index is 1160. The van der Waals surface area contributed by atoms with Crippen LogP contribution in [0.5, 0.6) is 0 Å². The zero-order valence-electron chi connectivity index (χ0n) is 14.7. The summed E-state index contributed by atoms with van der Waals surface area (Å²) in [5, 5.41) is 15.5. The molecule has 0 saturated carbocycles. The predicted octanol–water partition coefficient (Wildman–Crippen LogP) is 1.67. The Morgan fingerprint density at radius 1 is 1.37 bits per heavy atom. The number of nitrogens with one attached hydrogen (secondary N) is 1. The molecule has 1 aliphatic rings. The standard InChI is InChI=1S/C16H16N6O4S/c1-8-17-15-12(9-5-3-4-6-11(9)27-15)16(24)21(8)19-14(23)13-10(22(25)26)7-20(2)18-13/h7H,3-6H2,1-2H3,(H,19,23). The van der Waals surface area contributed by atoms with Crippen LogP contribution < -0.4 is 11.0 Å². The van der Waals surface area contributed by atoms with Gasteiger partial charge in [-0.2, -0.15) is 5.10 Å². The van der Waals surface area contributed by atoms with Crippen molar-refractivity contribution in [1.29, 1.82) is 0 Å². The van der Waals surface area contributed by atoms with Crippen molar-refractivity contribution in [3.63, 3.8) is 0 Å². The van der Waals surface area contributed by atoms with Gasteiger partial charge in [0.25, 0.3) is 11.5 Å². The van der Waals surface area contributed by atoms with Gasteiger partial charge in [-0.15, -0.1) is 11.3 Å². The Kier molecular flexibility index (Phi) is 4.02. The molecule has 0 aromatic carbocycles. The van der Waals surface area contributed by atoms with E-state index < -0.39 is 16.5 Å². The van der Waals surface area contributed by atoms with Crippen LogP contribution in [0.3, 0.4) is 0 Å². The number of hydrogen-bond acceptors (Lipinski definition) is 7. The highest BCUT2D eigenvalue weighted by Crippen LogP contribution is 2.33. The van der Waals surface area contributed by atoms with Gasteiger partial charge in [0, 0.05) is 11.9 Å². The summed E-state index contributed by atoms with van der Waals surface area (Å²) in [4.78, 5) is 42.3. The lowest BCUT2D eigenvalue weighted by Crippen LogP contribution is -2.36. The van der Waals surface area contributed by atoms with Gasteiger partial charge in [-0.05, 0) is 38.2 Å². The first-order valence-electron chi connectivity index (χ1n) is 8.40. The number of aryl methyl sites for hydroxylation is 4. The molecule has 1 amide bonds. The van der Waals surface area contributed by atoms with E-state index in [9.17, 15) is 19.7 Å². The van der Waals surface area contributed by atoms with Crippen LogP contribution in [0.4, 0.5) is 5.69 Å². The Labute approximate surface area is 156 Å². The molecule has 3 aromatic heterocycles. The maximum Gasteiger partial charge on any atom is 0.320 e. The third-order valence-corrected chi connectivity index (χ3v) is 5.78. The Morgan fingerprint density at radius 2 is 2.11 bits per heavy atom. The zero-order chi connectivity index (χ0) is 19.3. The van der Waals surface area contributed by atoms with Gasteiger partial charge in [0.2, 0.25) is 5.69 Å². The molecule has 1 aliphatic carbocycles. The van der Waals surface area contributed by atoms with Crippen molar-refractivity contribution < 1.29 is 9.72 Å². The average Bonchev–Trinajstić information content (AvgIpc) is 3.18. The summed E-state index contributed by atoms with van der Waals surface area (Å²) in [6, 6.07) is 0. The number of rotatable bonds is 3. The van der Waals surface area contributed by atoms with E-state index in [-0.39, 0.29) is 11.3 Å². The maximum absolute atomic E-state index is 13.0. The highest BCUT2D eigenvalue weighted by Gasteiger charge is 2.27. The molecule has 4 rings (SSSR count). The second-order valence-electron chi connectivity index (χ2n) is 6.43. The molecule has 10 nitrogen and oxygen atoms in total. The lowest BCUT2D eigenvalue weighted by atomic mass is 9.97. The normalized spacial score (nSPS) is 13.6. The molecule has 27 heavy (non-hydrogen) atoms. The summed E-state index contributed by atoms with van der Waals surface area (Å²) in [6.07, 6.45) is 4.99. The third-order valence-electron chi connectivity index (χ3n) is 4.59. The summed E-state index contributed by atoms with van der Waals surface area (Å²) in [5.41, 5.74) is 2.26. The quantitative estimate of drug-likeness (QED) is 0.537. The minimum absolute atomic E-state index is 0.304. The zero-order valence-corrected chi connectivity index (χ0v) is 15.5. The van der Waals surface area contributed by atoms with Gasteiger partial charge < -0.3 is 0 Å². The number of fused-ring (bicyclic) bond motifs is 3. The predicted molar refractivity (Wildman–Crippen MR) is 98.8 cm³/mol. The number of carbonyl (C=O) groups is 1. The van der Waals surface area contributed by atoms with Crippen molar-refractivity contribution in [2.24, 2.45) is 7.05 Å². The fraction of sp³-hybridized carbons (Fsp3) is 0.375. The highest BCUT2D eigenvalue weighted by atomic mass is 32.1. The lowest BCUT2D eigenvalue weighted by Gasteiger charge is -2.12. The Morgan fingerprint density at radius 3 is 2.85 bits per heavy atom. The smallest absolute Gasteiger partial charge is 0.268 e. The molecule has 0 saturated heterocycles. The molecule has 1 N–H and O–H groups in total. The van der Waals surface area contributed by atoms with E-state index in [1.165, 1.54) is 27.9 Å². The number of nitro groups is 1. The van der Waals surface area contributed by atoms with E-state index in [0.717, 1.165) is 42.1 Å². The largest absolute Gasteiger partial charge is 0.320 e. The van der Waals surface area contributed by atoms with Crippen molar-refractivity contribution in [3.05, 3.63) is 48.6 Å². The van der Waals surface area contributed by atoms with Gasteiger partial charge in [-0.3, -0.25) is 29.8 Å². The summed E-state index contributed by atoms with van der Waals surface area (Å²) < 4.78 is 2.23. The van der Waals surface area contributed by atoms with Crippen molar-refractivity contribution in [1.82, 2.24) is 19.4 Å². The second kappa shape index (κ2) is 6.27. The van der Waals surface area contributed by atoms with Crippen LogP contribution in [0.2, 0.25) is 0 Å². The first-order valence-corrected chi connectivity index (χ1v) is 9.21. The van der Waals surface area contributed by atoms with E-state index in [0.29, 0.717) is 16.0 Å². The number of aromatic nitrogens is 4. The summed E-state index contributed by atoms with van der Waals surface area (Å²) in [7, 11) is 1.48. The van der Waals surface area contributed by atoms with Gasteiger partial charge in [0.15, 0.2) is 0 Å². The van der Waals surface area contributed by atoms with Crippen LogP contribution in [-0.2, 0) is 19.9 Å². The Balaban J connectivity index is 1.79. The molecule has 0 spiro atoms. The van der Waals surface area contributed by atoms with Gasteiger partial charge in [0.05, 0.1) is 10.3 Å². The minimum atomic E-state index is -0.835. The summed E-state index contributed by atoms with van der Waals surface area (Å²) in [6.45, 7) is 1.60. The SMILES string of the molecule is Cc1nc2sc3c(c2c(=O)n1NC(=O)c1nn(C)cc1[N+](=O)[O-])CCCC3. The molecule has 3 aromatic rings. The van der Waals surface area contributed by atoms with Crippen LogP contribution in [0.25, 0.3) is 10.2 Å². The fourth-order valence-electron chi connectivity index (χ4n) is 3.36. The molecule has 3 heterocycles. The number of nitrogens with zero attached hydrogens (tertiary/aromatic N) is 5.